The summed E-state index contributed by atoms with van der Waals surface area (Å²) >= 11 is 0. The van der Waals surface area contributed by atoms with Gasteiger partial charge >= 0.3 is 0 Å². The Balaban J connectivity index is 1.65. The molecule has 0 N–H and O–H groups in total. The molecule has 2 heterocycles. The van der Waals surface area contributed by atoms with Crippen LogP contribution in [0.15, 0.2) is 66.9 Å². The second kappa shape index (κ2) is 7.34. The van der Waals surface area contributed by atoms with E-state index in [1.165, 1.54) is 17.3 Å². The van der Waals surface area contributed by atoms with Crippen LogP contribution in [-0.4, -0.2) is 25.0 Å². The van der Waals surface area contributed by atoms with Crippen LogP contribution in [0.1, 0.15) is 23.7 Å². The summed E-state index contributed by atoms with van der Waals surface area (Å²) in [5.41, 5.74) is 3.56. The molecule has 4 heteroatoms. The molecule has 1 atom stereocenters. The number of anilines is 1. The van der Waals surface area contributed by atoms with Gasteiger partial charge in [-0.25, -0.2) is 4.39 Å². The lowest BCUT2D eigenvalue weighted by atomic mass is 10.00. The third kappa shape index (κ3) is 3.51. The maximum atomic E-state index is 14.0. The van der Waals surface area contributed by atoms with Crippen LogP contribution in [0, 0.1) is 5.82 Å². The minimum Gasteiger partial charge on any atom is -0.483 e. The molecule has 2 aliphatic heterocycles. The van der Waals surface area contributed by atoms with Crippen molar-refractivity contribution in [2.75, 3.05) is 25.0 Å². The van der Waals surface area contributed by atoms with Gasteiger partial charge in [-0.3, -0.25) is 0 Å². The quantitative estimate of drug-likeness (QED) is 0.800. The summed E-state index contributed by atoms with van der Waals surface area (Å²) in [6.45, 7) is 2.66. The molecule has 0 spiro atoms. The summed E-state index contributed by atoms with van der Waals surface area (Å²) in [5.74, 6) is 0.00898. The number of nitrogens with zero attached hydrogens (tertiary/aromatic N) is 2. The summed E-state index contributed by atoms with van der Waals surface area (Å²) in [6, 6.07) is 13.1. The second-order valence-corrected chi connectivity index (χ2v) is 6.87. The van der Waals surface area contributed by atoms with E-state index in [0.717, 1.165) is 31.6 Å². The van der Waals surface area contributed by atoms with Crippen molar-refractivity contribution < 1.29 is 9.13 Å². The molecular formula is C22H23FN2O. The van der Waals surface area contributed by atoms with Gasteiger partial charge in [-0.15, -0.1) is 0 Å². The number of allylic oxidation sites excluding steroid dienone is 2. The highest BCUT2D eigenvalue weighted by Gasteiger charge is 2.24. The van der Waals surface area contributed by atoms with Gasteiger partial charge in [0, 0.05) is 37.9 Å². The first-order valence-corrected chi connectivity index (χ1v) is 9.03. The average Bonchev–Trinajstić information content (AvgIpc) is 2.82. The van der Waals surface area contributed by atoms with Crippen LogP contribution < -0.4 is 9.64 Å². The highest BCUT2D eigenvalue weighted by atomic mass is 19.1. The third-order valence-corrected chi connectivity index (χ3v) is 4.94. The number of benzene rings is 2. The van der Waals surface area contributed by atoms with Crippen molar-refractivity contribution in [3.8, 4) is 5.75 Å². The first-order valence-electron chi connectivity index (χ1n) is 9.03. The Labute approximate surface area is 154 Å². The van der Waals surface area contributed by atoms with E-state index in [2.05, 4.69) is 53.4 Å². The van der Waals surface area contributed by atoms with Gasteiger partial charge in [-0.2, -0.15) is 0 Å². The lowest BCUT2D eigenvalue weighted by Crippen LogP contribution is -2.19. The number of rotatable bonds is 3. The Morgan fingerprint density at radius 3 is 2.81 bits per heavy atom. The fourth-order valence-electron chi connectivity index (χ4n) is 3.56. The van der Waals surface area contributed by atoms with Gasteiger partial charge in [0.05, 0.1) is 0 Å². The van der Waals surface area contributed by atoms with Crippen LogP contribution in [0.2, 0.25) is 0 Å². The molecule has 4 rings (SSSR count). The SMILES string of the molecule is CN1CCC(Oc2ccccc2F)c2ccc(N3C=CC=CC3)cc2C1. The fourth-order valence-corrected chi connectivity index (χ4v) is 3.56. The molecule has 0 aromatic heterocycles. The minimum atomic E-state index is -0.312. The molecule has 2 aliphatic rings. The fraction of sp³-hybridized carbons (Fsp3) is 0.273. The predicted molar refractivity (Wildman–Crippen MR) is 103 cm³/mol. The van der Waals surface area contributed by atoms with Crippen LogP contribution in [0.3, 0.4) is 0 Å². The van der Waals surface area contributed by atoms with Gasteiger partial charge in [0.15, 0.2) is 11.6 Å². The van der Waals surface area contributed by atoms with Crippen molar-refractivity contribution in [2.24, 2.45) is 0 Å². The lowest BCUT2D eigenvalue weighted by Gasteiger charge is -2.24. The van der Waals surface area contributed by atoms with E-state index in [1.54, 1.807) is 12.1 Å². The molecule has 0 bridgehead atoms. The molecule has 0 amide bonds. The predicted octanol–water partition coefficient (Wildman–Crippen LogP) is 4.67. The molecule has 1 unspecified atom stereocenters. The Morgan fingerprint density at radius 1 is 1.12 bits per heavy atom. The van der Waals surface area contributed by atoms with Crippen molar-refractivity contribution in [1.29, 1.82) is 0 Å². The lowest BCUT2D eigenvalue weighted by molar-refractivity contribution is 0.175. The number of para-hydroxylation sites is 1. The summed E-state index contributed by atoms with van der Waals surface area (Å²) in [5, 5.41) is 0. The van der Waals surface area contributed by atoms with Crippen molar-refractivity contribution in [2.45, 2.75) is 19.1 Å². The second-order valence-electron chi connectivity index (χ2n) is 6.87. The Hall–Kier alpha value is -2.59. The number of halogens is 1. The Kier molecular flexibility index (Phi) is 4.76. The van der Waals surface area contributed by atoms with E-state index < -0.39 is 0 Å². The smallest absolute Gasteiger partial charge is 0.165 e. The van der Waals surface area contributed by atoms with Gasteiger partial charge in [0.1, 0.15) is 6.10 Å². The highest BCUT2D eigenvalue weighted by Crippen LogP contribution is 2.34. The van der Waals surface area contributed by atoms with Crippen LogP contribution in [0.25, 0.3) is 0 Å². The first kappa shape index (κ1) is 16.9. The van der Waals surface area contributed by atoms with Crippen LogP contribution >= 0.6 is 0 Å². The van der Waals surface area contributed by atoms with Crippen molar-refractivity contribution >= 4 is 5.69 Å². The maximum Gasteiger partial charge on any atom is 0.165 e. The third-order valence-electron chi connectivity index (χ3n) is 4.94. The monoisotopic (exact) mass is 350 g/mol. The number of ether oxygens (including phenoxy) is 1. The van der Waals surface area contributed by atoms with Crippen LogP contribution in [-0.2, 0) is 6.54 Å². The van der Waals surface area contributed by atoms with Crippen molar-refractivity contribution in [3.63, 3.8) is 0 Å². The van der Waals surface area contributed by atoms with E-state index in [-0.39, 0.29) is 11.9 Å². The van der Waals surface area contributed by atoms with E-state index in [1.807, 2.05) is 12.1 Å². The molecule has 26 heavy (non-hydrogen) atoms. The molecule has 0 aliphatic carbocycles. The summed E-state index contributed by atoms with van der Waals surface area (Å²) in [6.07, 6.45) is 9.04. The van der Waals surface area contributed by atoms with Gasteiger partial charge in [-0.1, -0.05) is 30.4 Å². The summed E-state index contributed by atoms with van der Waals surface area (Å²) in [4.78, 5) is 4.51. The van der Waals surface area contributed by atoms with Crippen molar-refractivity contribution in [1.82, 2.24) is 4.90 Å². The molecular weight excluding hydrogens is 327 g/mol. The summed E-state index contributed by atoms with van der Waals surface area (Å²) in [7, 11) is 2.12. The zero-order valence-corrected chi connectivity index (χ0v) is 14.9. The van der Waals surface area contributed by atoms with E-state index in [0.29, 0.717) is 5.75 Å². The van der Waals surface area contributed by atoms with Crippen LogP contribution in [0.4, 0.5) is 10.1 Å². The summed E-state index contributed by atoms with van der Waals surface area (Å²) < 4.78 is 20.1. The molecule has 2 aromatic carbocycles. The molecule has 0 radical (unpaired) electrons. The molecule has 2 aromatic rings. The zero-order chi connectivity index (χ0) is 17.9. The van der Waals surface area contributed by atoms with E-state index in [4.69, 9.17) is 4.74 Å². The average molecular weight is 350 g/mol. The standard InChI is InChI=1S/C22H23FN2O/c1-24-14-11-21(26-22-8-4-3-7-20(22)23)19-10-9-18(15-17(19)16-24)25-12-5-2-6-13-25/h2-10,12,15,21H,11,13-14,16H2,1H3. The van der Waals surface area contributed by atoms with Crippen LogP contribution in [0.5, 0.6) is 5.75 Å². The number of fused-ring (bicyclic) bond motifs is 1. The molecule has 3 nitrogen and oxygen atoms in total. The Bertz CT molecular complexity index is 846. The van der Waals surface area contributed by atoms with E-state index >= 15 is 0 Å². The molecule has 0 saturated carbocycles. The maximum absolute atomic E-state index is 14.0. The molecule has 134 valence electrons. The molecule has 0 saturated heterocycles. The Morgan fingerprint density at radius 2 is 2.00 bits per heavy atom. The number of hydrogen-bond acceptors (Lipinski definition) is 3. The van der Waals surface area contributed by atoms with Gasteiger partial charge in [0.2, 0.25) is 0 Å². The topological polar surface area (TPSA) is 15.7 Å². The van der Waals surface area contributed by atoms with Crippen molar-refractivity contribution in [3.05, 3.63) is 83.8 Å². The highest BCUT2D eigenvalue weighted by molar-refractivity contribution is 5.55. The minimum absolute atomic E-state index is 0.141. The zero-order valence-electron chi connectivity index (χ0n) is 14.9. The van der Waals surface area contributed by atoms with Gasteiger partial charge in [0.25, 0.3) is 0 Å². The normalized spacial score (nSPS) is 19.9. The number of hydrogen-bond donors (Lipinski definition) is 0. The van der Waals surface area contributed by atoms with E-state index in [9.17, 15) is 4.39 Å². The largest absolute Gasteiger partial charge is 0.483 e. The first-order chi connectivity index (χ1) is 12.7. The van der Waals surface area contributed by atoms with Gasteiger partial charge in [-0.05, 0) is 48.5 Å². The van der Waals surface area contributed by atoms with Gasteiger partial charge < -0.3 is 14.5 Å². The molecule has 0 fully saturated rings.